The number of nitrogens with one attached hydrogen (secondary N) is 1. The molecule has 4 nitrogen and oxygen atoms in total. The van der Waals surface area contributed by atoms with Crippen molar-refractivity contribution in [1.82, 2.24) is 5.48 Å². The first kappa shape index (κ1) is 14.1. The van der Waals surface area contributed by atoms with Crippen molar-refractivity contribution >= 4 is 5.91 Å². The molecule has 0 aliphatic heterocycles. The largest absolute Gasteiger partial charge is 0.481 e. The highest BCUT2D eigenvalue weighted by atomic mass is 16.7. The molecule has 104 valence electrons. The van der Waals surface area contributed by atoms with Gasteiger partial charge in [0.05, 0.1) is 6.61 Å². The van der Waals surface area contributed by atoms with Crippen molar-refractivity contribution in [3.8, 4) is 5.75 Å². The van der Waals surface area contributed by atoms with Crippen LogP contribution in [-0.4, -0.2) is 12.0 Å². The molecule has 0 fully saturated rings. The monoisotopic (exact) mass is 271 g/mol. The lowest BCUT2D eigenvalue weighted by molar-refractivity contribution is -0.141. The van der Waals surface area contributed by atoms with Gasteiger partial charge in [0.1, 0.15) is 5.75 Å². The van der Waals surface area contributed by atoms with Crippen LogP contribution in [0.1, 0.15) is 12.5 Å². The summed E-state index contributed by atoms with van der Waals surface area (Å²) in [7, 11) is 0. The summed E-state index contributed by atoms with van der Waals surface area (Å²) >= 11 is 0. The van der Waals surface area contributed by atoms with Crippen LogP contribution in [0.15, 0.2) is 60.7 Å². The molecule has 0 aliphatic rings. The number of hydrogen-bond acceptors (Lipinski definition) is 3. The molecule has 0 bridgehead atoms. The molecule has 1 amide bonds. The van der Waals surface area contributed by atoms with Gasteiger partial charge in [-0.05, 0) is 24.6 Å². The number of amides is 1. The molecule has 20 heavy (non-hydrogen) atoms. The highest BCUT2D eigenvalue weighted by Gasteiger charge is 2.14. The molecular formula is C16H17NO3. The standard InChI is InChI=1S/C16H17NO3/c1-13(20-15-10-6-3-7-11-15)16(18)17-19-12-14-8-4-2-5-9-14/h2-11,13H,12H2,1H3,(H,17,18)/t13-/m0/s1. The van der Waals surface area contributed by atoms with Gasteiger partial charge in [0, 0.05) is 0 Å². The van der Waals surface area contributed by atoms with Crippen LogP contribution >= 0.6 is 0 Å². The molecule has 2 aromatic carbocycles. The molecular weight excluding hydrogens is 254 g/mol. The zero-order valence-electron chi connectivity index (χ0n) is 11.3. The van der Waals surface area contributed by atoms with E-state index in [1.54, 1.807) is 19.1 Å². The van der Waals surface area contributed by atoms with E-state index < -0.39 is 6.10 Å². The van der Waals surface area contributed by atoms with Gasteiger partial charge in [0.25, 0.3) is 5.91 Å². The molecule has 4 heteroatoms. The van der Waals surface area contributed by atoms with E-state index in [4.69, 9.17) is 9.57 Å². The number of hydroxylamine groups is 1. The SMILES string of the molecule is C[C@H](Oc1ccccc1)C(=O)NOCc1ccccc1. The van der Waals surface area contributed by atoms with E-state index in [9.17, 15) is 4.79 Å². The zero-order valence-corrected chi connectivity index (χ0v) is 11.3. The lowest BCUT2D eigenvalue weighted by Gasteiger charge is -2.14. The van der Waals surface area contributed by atoms with Gasteiger partial charge in [-0.15, -0.1) is 0 Å². The third-order valence-electron chi connectivity index (χ3n) is 2.68. The molecule has 0 heterocycles. The minimum absolute atomic E-state index is 0.315. The van der Waals surface area contributed by atoms with Crippen LogP contribution in [0.25, 0.3) is 0 Å². The van der Waals surface area contributed by atoms with Crippen LogP contribution < -0.4 is 10.2 Å². The molecule has 2 rings (SSSR count). The zero-order chi connectivity index (χ0) is 14.2. The minimum Gasteiger partial charge on any atom is -0.481 e. The fraction of sp³-hybridized carbons (Fsp3) is 0.188. The van der Waals surface area contributed by atoms with Gasteiger partial charge >= 0.3 is 0 Å². The third-order valence-corrected chi connectivity index (χ3v) is 2.68. The highest BCUT2D eigenvalue weighted by Crippen LogP contribution is 2.10. The van der Waals surface area contributed by atoms with Crippen LogP contribution in [0.2, 0.25) is 0 Å². The molecule has 0 spiro atoms. The summed E-state index contributed by atoms with van der Waals surface area (Å²) < 4.78 is 5.49. The Hall–Kier alpha value is -2.33. The molecule has 2 aromatic rings. The van der Waals surface area contributed by atoms with Crippen molar-refractivity contribution in [2.45, 2.75) is 19.6 Å². The Morgan fingerprint density at radius 2 is 1.65 bits per heavy atom. The van der Waals surface area contributed by atoms with Crippen molar-refractivity contribution in [2.75, 3.05) is 0 Å². The van der Waals surface area contributed by atoms with Crippen LogP contribution in [-0.2, 0) is 16.2 Å². The Morgan fingerprint density at radius 3 is 2.30 bits per heavy atom. The molecule has 1 atom stereocenters. The minimum atomic E-state index is -0.617. The van der Waals surface area contributed by atoms with E-state index in [0.29, 0.717) is 12.4 Å². The van der Waals surface area contributed by atoms with Gasteiger partial charge in [0.2, 0.25) is 0 Å². The molecule has 1 N–H and O–H groups in total. The summed E-state index contributed by atoms with van der Waals surface area (Å²) in [6.45, 7) is 2.00. The van der Waals surface area contributed by atoms with E-state index in [1.165, 1.54) is 0 Å². The Bertz CT molecular complexity index is 528. The van der Waals surface area contributed by atoms with Gasteiger partial charge in [-0.2, -0.15) is 0 Å². The maximum atomic E-state index is 11.8. The Morgan fingerprint density at radius 1 is 1.05 bits per heavy atom. The number of carbonyl (C=O) groups excluding carboxylic acids is 1. The van der Waals surface area contributed by atoms with E-state index in [1.807, 2.05) is 48.5 Å². The smallest absolute Gasteiger partial charge is 0.284 e. The van der Waals surface area contributed by atoms with Crippen LogP contribution in [0, 0.1) is 0 Å². The summed E-state index contributed by atoms with van der Waals surface area (Å²) in [5, 5.41) is 0. The normalized spacial score (nSPS) is 11.7. The highest BCUT2D eigenvalue weighted by molar-refractivity contribution is 5.79. The molecule has 0 saturated carbocycles. The average molecular weight is 271 g/mol. The summed E-state index contributed by atoms with van der Waals surface area (Å²) in [6, 6.07) is 18.8. The number of ether oxygens (including phenoxy) is 1. The molecule has 0 saturated heterocycles. The summed E-state index contributed by atoms with van der Waals surface area (Å²) in [5.74, 6) is 0.336. The van der Waals surface area contributed by atoms with E-state index in [2.05, 4.69) is 5.48 Å². The van der Waals surface area contributed by atoms with Crippen LogP contribution in [0.5, 0.6) is 5.75 Å². The molecule has 0 radical (unpaired) electrons. The Kier molecular flexibility index (Phi) is 5.15. The van der Waals surface area contributed by atoms with Crippen LogP contribution in [0.4, 0.5) is 0 Å². The first-order valence-corrected chi connectivity index (χ1v) is 6.43. The van der Waals surface area contributed by atoms with Gasteiger partial charge in [-0.1, -0.05) is 48.5 Å². The Balaban J connectivity index is 1.74. The first-order valence-electron chi connectivity index (χ1n) is 6.43. The molecule has 0 unspecified atom stereocenters. The van der Waals surface area contributed by atoms with Crippen molar-refractivity contribution in [3.63, 3.8) is 0 Å². The average Bonchev–Trinajstić information content (AvgIpc) is 2.49. The van der Waals surface area contributed by atoms with Crippen molar-refractivity contribution < 1.29 is 14.4 Å². The van der Waals surface area contributed by atoms with Gasteiger partial charge in [0.15, 0.2) is 6.10 Å². The van der Waals surface area contributed by atoms with Crippen molar-refractivity contribution in [1.29, 1.82) is 0 Å². The van der Waals surface area contributed by atoms with E-state index in [0.717, 1.165) is 5.56 Å². The molecule has 0 aromatic heterocycles. The second kappa shape index (κ2) is 7.31. The summed E-state index contributed by atoms with van der Waals surface area (Å²) in [4.78, 5) is 16.9. The number of carbonyl (C=O) groups is 1. The fourth-order valence-electron chi connectivity index (χ4n) is 1.60. The number of hydrogen-bond donors (Lipinski definition) is 1. The number of benzene rings is 2. The lowest BCUT2D eigenvalue weighted by atomic mass is 10.2. The quantitative estimate of drug-likeness (QED) is 0.822. The number of rotatable bonds is 6. The van der Waals surface area contributed by atoms with Gasteiger partial charge in [-0.3, -0.25) is 9.63 Å². The number of para-hydroxylation sites is 1. The fourth-order valence-corrected chi connectivity index (χ4v) is 1.60. The molecule has 0 aliphatic carbocycles. The first-order chi connectivity index (χ1) is 9.75. The summed E-state index contributed by atoms with van der Waals surface area (Å²) in [5.41, 5.74) is 3.38. The topological polar surface area (TPSA) is 47.6 Å². The predicted molar refractivity (Wildman–Crippen MR) is 75.9 cm³/mol. The van der Waals surface area contributed by atoms with E-state index in [-0.39, 0.29) is 5.91 Å². The van der Waals surface area contributed by atoms with Crippen LogP contribution in [0.3, 0.4) is 0 Å². The summed E-state index contributed by atoms with van der Waals surface area (Å²) in [6.07, 6.45) is -0.617. The third kappa shape index (κ3) is 4.40. The Labute approximate surface area is 118 Å². The maximum absolute atomic E-state index is 11.8. The second-order valence-corrected chi connectivity index (χ2v) is 4.31. The predicted octanol–water partition coefficient (Wildman–Crippen LogP) is 2.70. The van der Waals surface area contributed by atoms with Crippen molar-refractivity contribution in [2.24, 2.45) is 0 Å². The van der Waals surface area contributed by atoms with E-state index >= 15 is 0 Å². The second-order valence-electron chi connectivity index (χ2n) is 4.31. The van der Waals surface area contributed by atoms with Crippen molar-refractivity contribution in [3.05, 3.63) is 66.2 Å². The maximum Gasteiger partial charge on any atom is 0.284 e. The van der Waals surface area contributed by atoms with Gasteiger partial charge in [-0.25, -0.2) is 5.48 Å². The van der Waals surface area contributed by atoms with Gasteiger partial charge < -0.3 is 4.74 Å². The lowest BCUT2D eigenvalue weighted by Crippen LogP contribution is -2.36.